The Labute approximate surface area is 114 Å². The molecule has 0 saturated heterocycles. The van der Waals surface area contributed by atoms with Gasteiger partial charge in [-0.05, 0) is 53.2 Å². The molecule has 0 fully saturated rings. The number of ether oxygens (including phenoxy) is 1. The minimum Gasteiger partial charge on any atom is -0.489 e. The molecule has 18 heavy (non-hydrogen) atoms. The zero-order valence-electron chi connectivity index (χ0n) is 9.89. The molecule has 92 valence electrons. The first kappa shape index (κ1) is 12.8. The molecular weight excluding hydrogens is 294 g/mol. The Kier molecular flexibility index (Phi) is 4.10. The molecular formula is C14H12BrNO2. The van der Waals surface area contributed by atoms with Gasteiger partial charge in [0.05, 0.1) is 0 Å². The third-order valence-corrected chi connectivity index (χ3v) is 2.86. The Morgan fingerprint density at radius 2 is 2.00 bits per heavy atom. The summed E-state index contributed by atoms with van der Waals surface area (Å²) < 4.78 is 6.54. The Morgan fingerprint density at radius 3 is 2.61 bits per heavy atom. The fraction of sp³-hybridized carbons (Fsp3) is 0.143. The standard InChI is InChI=1S/C14H12BrNO2/c1-10(17)12-2-4-14(5-3-12)18-9-11-6-13(15)8-16-7-11/h2-8H,9H2,1H3. The van der Waals surface area contributed by atoms with Crippen molar-refractivity contribution >= 4 is 21.7 Å². The van der Waals surface area contributed by atoms with Gasteiger partial charge in [0.15, 0.2) is 5.78 Å². The number of hydrogen-bond donors (Lipinski definition) is 0. The molecule has 0 aliphatic heterocycles. The normalized spacial score (nSPS) is 10.1. The molecule has 0 amide bonds. The Morgan fingerprint density at radius 1 is 1.28 bits per heavy atom. The minimum absolute atomic E-state index is 0.0535. The van der Waals surface area contributed by atoms with E-state index in [2.05, 4.69) is 20.9 Å². The average Bonchev–Trinajstić information content (AvgIpc) is 2.37. The first-order valence-electron chi connectivity index (χ1n) is 5.48. The predicted molar refractivity (Wildman–Crippen MR) is 72.7 cm³/mol. The van der Waals surface area contributed by atoms with E-state index in [-0.39, 0.29) is 5.78 Å². The van der Waals surface area contributed by atoms with Crippen LogP contribution in [-0.2, 0) is 6.61 Å². The van der Waals surface area contributed by atoms with Gasteiger partial charge in [0, 0.05) is 28.0 Å². The molecule has 0 aliphatic rings. The van der Waals surface area contributed by atoms with Crippen molar-refractivity contribution in [2.24, 2.45) is 0 Å². The molecule has 4 heteroatoms. The molecule has 0 N–H and O–H groups in total. The number of aromatic nitrogens is 1. The first-order chi connectivity index (χ1) is 8.65. The third kappa shape index (κ3) is 3.40. The van der Waals surface area contributed by atoms with Crippen molar-refractivity contribution < 1.29 is 9.53 Å². The summed E-state index contributed by atoms with van der Waals surface area (Å²) in [6, 6.07) is 9.06. The van der Waals surface area contributed by atoms with Crippen LogP contribution in [0.4, 0.5) is 0 Å². The number of Topliss-reactive ketones (excluding diaryl/α,β-unsaturated/α-hetero) is 1. The van der Waals surface area contributed by atoms with Crippen LogP contribution in [-0.4, -0.2) is 10.8 Å². The van der Waals surface area contributed by atoms with Crippen LogP contribution in [0.15, 0.2) is 47.2 Å². The maximum atomic E-state index is 11.1. The van der Waals surface area contributed by atoms with Crippen LogP contribution in [0.2, 0.25) is 0 Å². The van der Waals surface area contributed by atoms with Crippen molar-refractivity contribution in [2.75, 3.05) is 0 Å². The van der Waals surface area contributed by atoms with Crippen molar-refractivity contribution in [3.8, 4) is 5.75 Å². The van der Waals surface area contributed by atoms with Gasteiger partial charge in [-0.2, -0.15) is 0 Å². The first-order valence-corrected chi connectivity index (χ1v) is 6.27. The van der Waals surface area contributed by atoms with E-state index in [9.17, 15) is 4.79 Å². The van der Waals surface area contributed by atoms with E-state index >= 15 is 0 Å². The van der Waals surface area contributed by atoms with Crippen molar-refractivity contribution in [1.82, 2.24) is 4.98 Å². The SMILES string of the molecule is CC(=O)c1ccc(OCc2cncc(Br)c2)cc1. The summed E-state index contributed by atoms with van der Waals surface area (Å²) in [5.74, 6) is 0.790. The van der Waals surface area contributed by atoms with E-state index in [0.717, 1.165) is 15.8 Å². The molecule has 2 aromatic rings. The largest absolute Gasteiger partial charge is 0.489 e. The van der Waals surface area contributed by atoms with Gasteiger partial charge in [0.2, 0.25) is 0 Å². The lowest BCUT2D eigenvalue weighted by Crippen LogP contribution is -1.97. The second-order valence-electron chi connectivity index (χ2n) is 3.88. The topological polar surface area (TPSA) is 39.2 Å². The number of rotatable bonds is 4. The van der Waals surface area contributed by atoms with Crippen LogP contribution in [0.25, 0.3) is 0 Å². The van der Waals surface area contributed by atoms with E-state index < -0.39 is 0 Å². The molecule has 0 spiro atoms. The smallest absolute Gasteiger partial charge is 0.159 e. The number of ketones is 1. The summed E-state index contributed by atoms with van der Waals surface area (Å²) in [6.07, 6.45) is 3.49. The summed E-state index contributed by atoms with van der Waals surface area (Å²) in [5, 5.41) is 0. The second-order valence-corrected chi connectivity index (χ2v) is 4.80. The van der Waals surface area contributed by atoms with Gasteiger partial charge in [0.25, 0.3) is 0 Å². The highest BCUT2D eigenvalue weighted by atomic mass is 79.9. The number of benzene rings is 1. The maximum absolute atomic E-state index is 11.1. The molecule has 0 saturated carbocycles. The summed E-state index contributed by atoms with van der Waals surface area (Å²) in [7, 11) is 0. The number of halogens is 1. The lowest BCUT2D eigenvalue weighted by Gasteiger charge is -2.06. The highest BCUT2D eigenvalue weighted by molar-refractivity contribution is 9.10. The molecule has 0 aliphatic carbocycles. The number of hydrogen-bond acceptors (Lipinski definition) is 3. The Bertz CT molecular complexity index is 552. The number of pyridine rings is 1. The number of nitrogens with zero attached hydrogens (tertiary/aromatic N) is 1. The van der Waals surface area contributed by atoms with E-state index in [0.29, 0.717) is 12.2 Å². The van der Waals surface area contributed by atoms with Crippen LogP contribution < -0.4 is 4.74 Å². The van der Waals surface area contributed by atoms with Gasteiger partial charge in [-0.1, -0.05) is 0 Å². The fourth-order valence-electron chi connectivity index (χ4n) is 1.49. The van der Waals surface area contributed by atoms with Gasteiger partial charge in [-0.15, -0.1) is 0 Å². The van der Waals surface area contributed by atoms with Crippen molar-refractivity contribution in [2.45, 2.75) is 13.5 Å². The molecule has 3 nitrogen and oxygen atoms in total. The van der Waals surface area contributed by atoms with Crippen LogP contribution in [0, 0.1) is 0 Å². The van der Waals surface area contributed by atoms with E-state index in [1.165, 1.54) is 0 Å². The zero-order valence-corrected chi connectivity index (χ0v) is 11.5. The molecule has 0 bridgehead atoms. The molecule has 0 unspecified atom stereocenters. The minimum atomic E-state index is 0.0535. The number of carbonyl (C=O) groups is 1. The molecule has 0 atom stereocenters. The highest BCUT2D eigenvalue weighted by Gasteiger charge is 2.00. The van der Waals surface area contributed by atoms with Crippen LogP contribution >= 0.6 is 15.9 Å². The molecule has 0 radical (unpaired) electrons. The van der Waals surface area contributed by atoms with Crippen molar-refractivity contribution in [3.05, 3.63) is 58.3 Å². The summed E-state index contributed by atoms with van der Waals surface area (Å²) in [4.78, 5) is 15.2. The number of carbonyl (C=O) groups excluding carboxylic acids is 1. The highest BCUT2D eigenvalue weighted by Crippen LogP contribution is 2.15. The van der Waals surface area contributed by atoms with Crippen LogP contribution in [0.5, 0.6) is 5.75 Å². The van der Waals surface area contributed by atoms with E-state index in [1.54, 1.807) is 43.6 Å². The van der Waals surface area contributed by atoms with Crippen LogP contribution in [0.3, 0.4) is 0 Å². The molecule has 2 rings (SSSR count). The maximum Gasteiger partial charge on any atom is 0.159 e. The average molecular weight is 306 g/mol. The van der Waals surface area contributed by atoms with Gasteiger partial charge < -0.3 is 4.74 Å². The molecule has 1 heterocycles. The lowest BCUT2D eigenvalue weighted by molar-refractivity contribution is 0.101. The summed E-state index contributed by atoms with van der Waals surface area (Å²) in [6.45, 7) is 1.99. The lowest BCUT2D eigenvalue weighted by atomic mass is 10.1. The monoisotopic (exact) mass is 305 g/mol. The Balaban J connectivity index is 2.00. The molecule has 1 aromatic heterocycles. The summed E-state index contributed by atoms with van der Waals surface area (Å²) >= 11 is 3.36. The fourth-order valence-corrected chi connectivity index (χ4v) is 1.90. The van der Waals surface area contributed by atoms with Gasteiger partial charge in [-0.25, -0.2) is 0 Å². The van der Waals surface area contributed by atoms with Gasteiger partial charge in [-0.3, -0.25) is 9.78 Å². The van der Waals surface area contributed by atoms with Crippen molar-refractivity contribution in [3.63, 3.8) is 0 Å². The summed E-state index contributed by atoms with van der Waals surface area (Å²) in [5.41, 5.74) is 1.67. The second kappa shape index (κ2) is 5.78. The third-order valence-electron chi connectivity index (χ3n) is 2.43. The Hall–Kier alpha value is -1.68. The zero-order chi connectivity index (χ0) is 13.0. The molecule has 1 aromatic carbocycles. The van der Waals surface area contributed by atoms with E-state index in [1.807, 2.05) is 6.07 Å². The van der Waals surface area contributed by atoms with E-state index in [4.69, 9.17) is 4.74 Å². The van der Waals surface area contributed by atoms with Gasteiger partial charge >= 0.3 is 0 Å². The predicted octanol–water partition coefficient (Wildman–Crippen LogP) is 3.63. The van der Waals surface area contributed by atoms with Crippen molar-refractivity contribution in [1.29, 1.82) is 0 Å². The van der Waals surface area contributed by atoms with Gasteiger partial charge in [0.1, 0.15) is 12.4 Å². The van der Waals surface area contributed by atoms with Crippen LogP contribution in [0.1, 0.15) is 22.8 Å². The quantitative estimate of drug-likeness (QED) is 0.810.